The molecule has 0 aliphatic carbocycles. The summed E-state index contributed by atoms with van der Waals surface area (Å²) in [7, 11) is 0. The van der Waals surface area contributed by atoms with Gasteiger partial charge in [0.15, 0.2) is 0 Å². The van der Waals surface area contributed by atoms with Crippen LogP contribution in [0, 0.1) is 20.8 Å². The lowest BCUT2D eigenvalue weighted by Gasteiger charge is -2.38. The molecule has 0 bridgehead atoms. The minimum absolute atomic E-state index is 0.0629. The molecule has 0 fully saturated rings. The molecule has 1 aliphatic rings. The molecule has 1 atom stereocenters. The molecule has 1 aromatic rings. The Bertz CT molecular complexity index is 740. The van der Waals surface area contributed by atoms with E-state index in [0.717, 1.165) is 43.6 Å². The molecule has 1 unspecified atom stereocenters. The largest absolute Gasteiger partial charge is 0.493 e. The van der Waals surface area contributed by atoms with Gasteiger partial charge in [-0.25, -0.2) is 0 Å². The van der Waals surface area contributed by atoms with Crippen LogP contribution in [-0.4, -0.2) is 23.3 Å². The third-order valence-corrected chi connectivity index (χ3v) is 7.15. The second-order valence-electron chi connectivity index (χ2n) is 9.99. The van der Waals surface area contributed by atoms with E-state index in [1.54, 1.807) is 0 Å². The summed E-state index contributed by atoms with van der Waals surface area (Å²) in [6.45, 7) is 11.6. The lowest BCUT2D eigenvalue weighted by atomic mass is 9.84. The van der Waals surface area contributed by atoms with Gasteiger partial charge in [0.25, 0.3) is 0 Å². The smallest absolute Gasteiger partial charge is 0.303 e. The zero-order chi connectivity index (χ0) is 23.6. The molecule has 0 saturated heterocycles. The zero-order valence-corrected chi connectivity index (χ0v) is 21.3. The standard InChI is InChI=1S/C28H46O4/c1-6-7-8-9-10-11-14-18-28(5)19-17-24-23(4)26(21(2)22(3)27(24)32-28)31-20-15-12-13-16-25(29)30/h6-20H2,1-5H3,(H,29,30). The van der Waals surface area contributed by atoms with E-state index in [4.69, 9.17) is 14.6 Å². The Labute approximate surface area is 196 Å². The van der Waals surface area contributed by atoms with Crippen LogP contribution < -0.4 is 9.47 Å². The molecule has 2 rings (SSSR count). The highest BCUT2D eigenvalue weighted by Gasteiger charge is 2.34. The maximum Gasteiger partial charge on any atom is 0.303 e. The van der Waals surface area contributed by atoms with Crippen molar-refractivity contribution in [3.8, 4) is 11.5 Å². The van der Waals surface area contributed by atoms with Gasteiger partial charge in [0.05, 0.1) is 6.61 Å². The average Bonchev–Trinajstić information content (AvgIpc) is 2.75. The van der Waals surface area contributed by atoms with E-state index in [2.05, 4.69) is 34.6 Å². The van der Waals surface area contributed by atoms with Gasteiger partial charge in [-0.15, -0.1) is 0 Å². The number of carboxylic acid groups (broad SMARTS) is 1. The number of unbranched alkanes of at least 4 members (excludes halogenated alkanes) is 8. The van der Waals surface area contributed by atoms with Crippen molar-refractivity contribution in [1.82, 2.24) is 0 Å². The third kappa shape index (κ3) is 7.71. The average molecular weight is 447 g/mol. The van der Waals surface area contributed by atoms with Crippen LogP contribution in [0.2, 0.25) is 0 Å². The van der Waals surface area contributed by atoms with Crippen molar-refractivity contribution in [3.05, 3.63) is 22.3 Å². The van der Waals surface area contributed by atoms with E-state index in [0.29, 0.717) is 13.0 Å². The summed E-state index contributed by atoms with van der Waals surface area (Å²) < 4.78 is 12.9. The summed E-state index contributed by atoms with van der Waals surface area (Å²) in [5, 5.41) is 8.76. The van der Waals surface area contributed by atoms with E-state index in [1.807, 2.05) is 0 Å². The highest BCUT2D eigenvalue weighted by Crippen LogP contribution is 2.45. The number of carbonyl (C=O) groups is 1. The summed E-state index contributed by atoms with van der Waals surface area (Å²) in [5.74, 6) is 1.37. The van der Waals surface area contributed by atoms with Gasteiger partial charge in [0.1, 0.15) is 17.1 Å². The Balaban J connectivity index is 1.92. The van der Waals surface area contributed by atoms with E-state index in [9.17, 15) is 4.79 Å². The van der Waals surface area contributed by atoms with Crippen LogP contribution in [0.25, 0.3) is 0 Å². The molecule has 1 heterocycles. The second-order valence-corrected chi connectivity index (χ2v) is 9.99. The fraction of sp³-hybridized carbons (Fsp3) is 0.750. The van der Waals surface area contributed by atoms with Crippen LogP contribution in [0.4, 0.5) is 0 Å². The van der Waals surface area contributed by atoms with Gasteiger partial charge in [0.2, 0.25) is 0 Å². The highest BCUT2D eigenvalue weighted by atomic mass is 16.5. The predicted octanol–water partition coefficient (Wildman–Crippen LogP) is 7.86. The van der Waals surface area contributed by atoms with Crippen molar-refractivity contribution in [2.45, 2.75) is 130 Å². The number of rotatable bonds is 15. The van der Waals surface area contributed by atoms with Gasteiger partial charge in [-0.2, -0.15) is 0 Å². The Morgan fingerprint density at radius 3 is 2.28 bits per heavy atom. The van der Waals surface area contributed by atoms with Crippen molar-refractivity contribution in [2.24, 2.45) is 0 Å². The van der Waals surface area contributed by atoms with Gasteiger partial charge in [-0.3, -0.25) is 4.79 Å². The predicted molar refractivity (Wildman–Crippen MR) is 132 cm³/mol. The Hall–Kier alpha value is -1.71. The van der Waals surface area contributed by atoms with Gasteiger partial charge < -0.3 is 14.6 Å². The monoisotopic (exact) mass is 446 g/mol. The Morgan fingerprint density at radius 1 is 0.938 bits per heavy atom. The number of aliphatic carboxylic acids is 1. The van der Waals surface area contributed by atoms with Crippen LogP contribution in [0.15, 0.2) is 0 Å². The first-order valence-corrected chi connectivity index (χ1v) is 13.0. The molecule has 0 aromatic heterocycles. The number of hydrogen-bond donors (Lipinski definition) is 1. The minimum Gasteiger partial charge on any atom is -0.493 e. The number of hydrogen-bond acceptors (Lipinski definition) is 3. The lowest BCUT2D eigenvalue weighted by molar-refractivity contribution is -0.137. The topological polar surface area (TPSA) is 55.8 Å². The van der Waals surface area contributed by atoms with Crippen molar-refractivity contribution >= 4 is 5.97 Å². The van der Waals surface area contributed by atoms with Crippen LogP contribution in [0.1, 0.15) is 120 Å². The van der Waals surface area contributed by atoms with E-state index in [-0.39, 0.29) is 12.0 Å². The molecule has 1 N–H and O–H groups in total. The minimum atomic E-state index is -0.720. The fourth-order valence-electron chi connectivity index (χ4n) is 4.86. The quantitative estimate of drug-likeness (QED) is 0.279. The molecule has 0 spiro atoms. The summed E-state index contributed by atoms with van der Waals surface area (Å²) in [6, 6.07) is 0. The third-order valence-electron chi connectivity index (χ3n) is 7.15. The van der Waals surface area contributed by atoms with Crippen molar-refractivity contribution in [3.63, 3.8) is 0 Å². The van der Waals surface area contributed by atoms with Crippen LogP contribution in [0.5, 0.6) is 11.5 Å². The SMILES string of the molecule is CCCCCCCCCC1(C)CCc2c(C)c(OCCCCCC(=O)O)c(C)c(C)c2O1. The molecule has 4 nitrogen and oxygen atoms in total. The molecule has 1 aromatic carbocycles. The van der Waals surface area contributed by atoms with Crippen LogP contribution in [-0.2, 0) is 11.2 Å². The van der Waals surface area contributed by atoms with Crippen LogP contribution in [0.3, 0.4) is 0 Å². The normalized spacial score (nSPS) is 17.7. The Kier molecular flexibility index (Phi) is 10.9. The molecule has 32 heavy (non-hydrogen) atoms. The molecule has 0 amide bonds. The molecule has 0 saturated carbocycles. The first-order valence-electron chi connectivity index (χ1n) is 13.0. The van der Waals surface area contributed by atoms with Gasteiger partial charge in [-0.05, 0) is 89.3 Å². The summed E-state index contributed by atoms with van der Waals surface area (Å²) in [5.41, 5.74) is 4.84. The first-order chi connectivity index (χ1) is 15.3. The maximum atomic E-state index is 10.6. The molecule has 182 valence electrons. The van der Waals surface area contributed by atoms with E-state index >= 15 is 0 Å². The Morgan fingerprint density at radius 2 is 1.59 bits per heavy atom. The lowest BCUT2D eigenvalue weighted by Crippen LogP contribution is -2.37. The number of carboxylic acids is 1. The molecule has 1 aliphatic heterocycles. The number of ether oxygens (including phenoxy) is 2. The summed E-state index contributed by atoms with van der Waals surface area (Å²) in [4.78, 5) is 10.6. The second kappa shape index (κ2) is 13.1. The molecular formula is C28H46O4. The van der Waals surface area contributed by atoms with Crippen molar-refractivity contribution in [1.29, 1.82) is 0 Å². The van der Waals surface area contributed by atoms with Crippen molar-refractivity contribution in [2.75, 3.05) is 6.61 Å². The number of fused-ring (bicyclic) bond motifs is 1. The maximum absolute atomic E-state index is 10.6. The highest BCUT2D eigenvalue weighted by molar-refractivity contribution is 5.66. The van der Waals surface area contributed by atoms with Gasteiger partial charge in [-0.1, -0.05) is 45.4 Å². The van der Waals surface area contributed by atoms with E-state index < -0.39 is 5.97 Å². The van der Waals surface area contributed by atoms with Gasteiger partial charge in [0, 0.05) is 12.0 Å². The molecular weight excluding hydrogens is 400 g/mol. The van der Waals surface area contributed by atoms with Crippen molar-refractivity contribution < 1.29 is 19.4 Å². The molecule has 4 heteroatoms. The van der Waals surface area contributed by atoms with Gasteiger partial charge >= 0.3 is 5.97 Å². The zero-order valence-electron chi connectivity index (χ0n) is 21.3. The first kappa shape index (κ1) is 26.5. The van der Waals surface area contributed by atoms with Crippen LogP contribution >= 0.6 is 0 Å². The fourth-order valence-corrected chi connectivity index (χ4v) is 4.86. The summed E-state index contributed by atoms with van der Waals surface area (Å²) >= 11 is 0. The number of benzene rings is 1. The summed E-state index contributed by atoms with van der Waals surface area (Å²) in [6.07, 6.45) is 15.3. The van der Waals surface area contributed by atoms with E-state index in [1.165, 1.54) is 67.2 Å². The molecule has 0 radical (unpaired) electrons.